The highest BCUT2D eigenvalue weighted by molar-refractivity contribution is 7.17. The first-order valence-corrected chi connectivity index (χ1v) is 6.90. The Morgan fingerprint density at radius 2 is 1.39 bits per heavy atom. The summed E-state index contributed by atoms with van der Waals surface area (Å²) in [5.41, 5.74) is 2.65. The molecule has 0 amide bonds. The van der Waals surface area contributed by atoms with Crippen LogP contribution in [0.15, 0.2) is 54.6 Å². The van der Waals surface area contributed by atoms with Crippen LogP contribution in [0.2, 0.25) is 0 Å². The first-order chi connectivity index (χ1) is 8.66. The van der Waals surface area contributed by atoms with E-state index in [0.717, 1.165) is 5.75 Å². The molecule has 2 aromatic rings. The van der Waals surface area contributed by atoms with Crippen molar-refractivity contribution >= 4 is 9.24 Å². The molecule has 2 heteroatoms. The summed E-state index contributed by atoms with van der Waals surface area (Å²) in [6.07, 6.45) is 0. The van der Waals surface area contributed by atoms with Gasteiger partial charge in [-0.3, -0.25) is 0 Å². The molecule has 0 saturated carbocycles. The Morgan fingerprint density at radius 1 is 0.833 bits per heavy atom. The quantitative estimate of drug-likeness (QED) is 0.737. The molecule has 0 spiro atoms. The lowest BCUT2D eigenvalue weighted by Crippen LogP contribution is -2.02. The average molecular weight is 258 g/mol. The summed E-state index contributed by atoms with van der Waals surface area (Å²) in [7, 11) is 2.63. The lowest BCUT2D eigenvalue weighted by Gasteiger charge is -2.14. The molecule has 0 aliphatic carbocycles. The zero-order valence-corrected chi connectivity index (χ0v) is 12.0. The van der Waals surface area contributed by atoms with Gasteiger partial charge in [-0.05, 0) is 30.2 Å². The van der Waals surface area contributed by atoms with Crippen LogP contribution in [-0.4, -0.2) is 5.85 Å². The molecular weight excluding hydrogens is 239 g/mol. The highest BCUT2D eigenvalue weighted by Gasteiger charge is 2.08. The minimum absolute atomic E-state index is 0.141. The van der Waals surface area contributed by atoms with Gasteiger partial charge in [0.05, 0.1) is 0 Å². The molecule has 2 aromatic carbocycles. The maximum Gasteiger partial charge on any atom is 0.120 e. The number of hydrogen-bond acceptors (Lipinski definition) is 1. The van der Waals surface area contributed by atoms with Crippen LogP contribution < -0.4 is 4.74 Å². The van der Waals surface area contributed by atoms with Gasteiger partial charge in [-0.25, -0.2) is 0 Å². The summed E-state index contributed by atoms with van der Waals surface area (Å²) < 4.78 is 5.62. The van der Waals surface area contributed by atoms with Crippen molar-refractivity contribution in [2.45, 2.75) is 25.6 Å². The van der Waals surface area contributed by atoms with Crippen LogP contribution in [0.25, 0.3) is 0 Å². The van der Waals surface area contributed by atoms with E-state index in [1.165, 1.54) is 11.1 Å². The van der Waals surface area contributed by atoms with Crippen LogP contribution in [0, 0.1) is 0 Å². The maximum atomic E-state index is 5.62. The molecule has 0 heterocycles. The minimum Gasteiger partial charge on any atom is -0.487 e. The average Bonchev–Trinajstić information content (AvgIpc) is 2.39. The van der Waals surface area contributed by atoms with E-state index in [1.807, 2.05) is 25.1 Å². The molecule has 0 bridgehead atoms. The molecule has 3 unspecified atom stereocenters. The normalized spacial score (nSPS) is 13.9. The third-order valence-corrected chi connectivity index (χ3v) is 3.14. The van der Waals surface area contributed by atoms with Gasteiger partial charge in [0.1, 0.15) is 11.6 Å². The first kappa shape index (κ1) is 13.1. The molecule has 18 heavy (non-hydrogen) atoms. The molecular formula is C16H19OP. The highest BCUT2D eigenvalue weighted by atomic mass is 31.0. The van der Waals surface area contributed by atoms with Crippen molar-refractivity contribution in [3.05, 3.63) is 65.7 Å². The van der Waals surface area contributed by atoms with E-state index >= 15 is 0 Å². The predicted octanol–water partition coefficient (Wildman–Crippen LogP) is 4.44. The fourth-order valence-corrected chi connectivity index (χ4v) is 2.14. The third-order valence-electron chi connectivity index (χ3n) is 3.00. The zero-order valence-electron chi connectivity index (χ0n) is 10.8. The zero-order chi connectivity index (χ0) is 13.0. The topological polar surface area (TPSA) is 9.23 Å². The van der Waals surface area contributed by atoms with E-state index in [1.54, 1.807) is 0 Å². The van der Waals surface area contributed by atoms with E-state index in [-0.39, 0.29) is 5.85 Å². The van der Waals surface area contributed by atoms with Crippen molar-refractivity contribution in [2.75, 3.05) is 0 Å². The largest absolute Gasteiger partial charge is 0.487 e. The maximum absolute atomic E-state index is 5.62. The highest BCUT2D eigenvalue weighted by Crippen LogP contribution is 2.26. The summed E-state index contributed by atoms with van der Waals surface area (Å²) in [5.74, 6) is 1.47. The molecule has 0 radical (unpaired) electrons. The molecule has 0 aliphatic rings. The molecule has 3 atom stereocenters. The summed E-state index contributed by atoms with van der Waals surface area (Å²) in [4.78, 5) is 0. The van der Waals surface area contributed by atoms with Crippen molar-refractivity contribution in [2.24, 2.45) is 0 Å². The summed E-state index contributed by atoms with van der Waals surface area (Å²) in [6, 6.07) is 18.9. The van der Waals surface area contributed by atoms with Crippen molar-refractivity contribution < 1.29 is 4.74 Å². The summed E-state index contributed by atoms with van der Waals surface area (Å²) in [5, 5.41) is 0. The van der Waals surface area contributed by atoms with Gasteiger partial charge in [0, 0.05) is 5.92 Å². The monoisotopic (exact) mass is 258 g/mol. The first-order valence-electron chi connectivity index (χ1n) is 6.24. The van der Waals surface area contributed by atoms with Gasteiger partial charge in [0.2, 0.25) is 0 Å². The fourth-order valence-electron chi connectivity index (χ4n) is 1.98. The van der Waals surface area contributed by atoms with Gasteiger partial charge in [-0.1, -0.05) is 58.6 Å². The second kappa shape index (κ2) is 6.02. The Labute approximate surface area is 111 Å². The minimum atomic E-state index is 0.141. The lowest BCUT2D eigenvalue weighted by atomic mass is 9.93. The predicted molar refractivity (Wildman–Crippen MR) is 80.2 cm³/mol. The van der Waals surface area contributed by atoms with Gasteiger partial charge in [0.15, 0.2) is 0 Å². The molecule has 0 aromatic heterocycles. The van der Waals surface area contributed by atoms with Crippen molar-refractivity contribution in [1.29, 1.82) is 0 Å². The van der Waals surface area contributed by atoms with Gasteiger partial charge in [-0.15, -0.1) is 0 Å². The number of ether oxygens (including phenoxy) is 1. The molecule has 1 nitrogen and oxygen atoms in total. The number of rotatable bonds is 4. The van der Waals surface area contributed by atoms with Gasteiger partial charge in [-0.2, -0.15) is 0 Å². The Balaban J connectivity index is 2.14. The van der Waals surface area contributed by atoms with Crippen molar-refractivity contribution in [1.82, 2.24) is 0 Å². The van der Waals surface area contributed by atoms with E-state index in [0.29, 0.717) is 5.92 Å². The second-order valence-electron chi connectivity index (χ2n) is 4.52. The van der Waals surface area contributed by atoms with Crippen LogP contribution in [0.4, 0.5) is 0 Å². The SMILES string of the molecule is CC(P)Oc1ccc(C(C)c2ccccc2)cc1. The number of benzene rings is 2. The Bertz CT molecular complexity index is 476. The van der Waals surface area contributed by atoms with Crippen LogP contribution >= 0.6 is 9.24 Å². The van der Waals surface area contributed by atoms with E-state index in [4.69, 9.17) is 4.74 Å². The van der Waals surface area contributed by atoms with E-state index in [2.05, 4.69) is 52.6 Å². The van der Waals surface area contributed by atoms with Crippen LogP contribution in [0.5, 0.6) is 5.75 Å². The summed E-state index contributed by atoms with van der Waals surface area (Å²) >= 11 is 0. The van der Waals surface area contributed by atoms with Crippen molar-refractivity contribution in [3.63, 3.8) is 0 Å². The Kier molecular flexibility index (Phi) is 4.38. The molecule has 2 rings (SSSR count). The molecule has 0 fully saturated rings. The summed E-state index contributed by atoms with van der Waals surface area (Å²) in [6.45, 7) is 4.23. The van der Waals surface area contributed by atoms with Gasteiger partial charge >= 0.3 is 0 Å². The fraction of sp³-hybridized carbons (Fsp3) is 0.250. The van der Waals surface area contributed by atoms with Gasteiger partial charge in [0.25, 0.3) is 0 Å². The Hall–Kier alpha value is -1.33. The molecule has 94 valence electrons. The Morgan fingerprint density at radius 3 is 1.94 bits per heavy atom. The third kappa shape index (κ3) is 3.34. The van der Waals surface area contributed by atoms with Crippen LogP contribution in [-0.2, 0) is 0 Å². The molecule has 0 N–H and O–H groups in total. The van der Waals surface area contributed by atoms with Crippen LogP contribution in [0.3, 0.4) is 0 Å². The molecule has 0 aliphatic heterocycles. The second-order valence-corrected chi connectivity index (χ2v) is 5.46. The number of hydrogen-bond donors (Lipinski definition) is 0. The van der Waals surface area contributed by atoms with Crippen LogP contribution in [0.1, 0.15) is 30.9 Å². The smallest absolute Gasteiger partial charge is 0.120 e. The van der Waals surface area contributed by atoms with E-state index < -0.39 is 0 Å². The van der Waals surface area contributed by atoms with Crippen molar-refractivity contribution in [3.8, 4) is 5.75 Å². The lowest BCUT2D eigenvalue weighted by molar-refractivity contribution is 0.307. The van der Waals surface area contributed by atoms with Gasteiger partial charge < -0.3 is 4.74 Å². The van der Waals surface area contributed by atoms with E-state index in [9.17, 15) is 0 Å². The standard InChI is InChI=1S/C16H19OP/c1-12(14-6-4-3-5-7-14)15-8-10-16(11-9-15)17-13(2)18/h3-13H,18H2,1-2H3. The molecule has 0 saturated heterocycles.